The van der Waals surface area contributed by atoms with E-state index in [1.165, 1.54) is 0 Å². The van der Waals surface area contributed by atoms with E-state index in [4.69, 9.17) is 21.1 Å². The van der Waals surface area contributed by atoms with Gasteiger partial charge in [0.05, 0.1) is 35.9 Å². The van der Waals surface area contributed by atoms with E-state index in [1.807, 2.05) is 6.92 Å². The van der Waals surface area contributed by atoms with Crippen LogP contribution in [0.3, 0.4) is 0 Å². The second-order valence-corrected chi connectivity index (χ2v) is 5.94. The first-order valence-corrected chi connectivity index (χ1v) is 8.01. The van der Waals surface area contributed by atoms with Crippen LogP contribution in [0.15, 0.2) is 16.6 Å². The Morgan fingerprint density at radius 2 is 2.36 bits per heavy atom. The Balaban J connectivity index is 0.00000242. The molecule has 1 atom stereocenters. The number of rotatable bonds is 5. The average Bonchev–Trinajstić information content (AvgIpc) is 2.43. The summed E-state index contributed by atoms with van der Waals surface area (Å²) < 4.78 is 11.8. The van der Waals surface area contributed by atoms with Crippen LogP contribution in [0.5, 0.6) is 5.75 Å². The predicted molar refractivity (Wildman–Crippen MR) is 93.4 cm³/mol. The topological polar surface area (TPSA) is 59.6 Å². The molecule has 22 heavy (non-hydrogen) atoms. The van der Waals surface area contributed by atoms with Crippen LogP contribution in [0.4, 0.5) is 5.69 Å². The van der Waals surface area contributed by atoms with E-state index in [9.17, 15) is 4.79 Å². The largest absolute Gasteiger partial charge is 0.491 e. The Bertz CT molecular complexity index is 511. The molecule has 1 aliphatic heterocycles. The lowest BCUT2D eigenvalue weighted by molar-refractivity contribution is -0.119. The van der Waals surface area contributed by atoms with Gasteiger partial charge in [0, 0.05) is 18.1 Å². The fourth-order valence-electron chi connectivity index (χ4n) is 2.10. The molecule has 1 aromatic rings. The van der Waals surface area contributed by atoms with Crippen molar-refractivity contribution < 1.29 is 14.3 Å². The molecule has 1 unspecified atom stereocenters. The number of carbonyl (C=O) groups excluding carboxylic acids is 1. The van der Waals surface area contributed by atoms with E-state index in [0.29, 0.717) is 47.1 Å². The summed E-state index contributed by atoms with van der Waals surface area (Å²) in [6.45, 7) is 4.52. The maximum atomic E-state index is 12.1. The van der Waals surface area contributed by atoms with Gasteiger partial charge < -0.3 is 20.1 Å². The number of amides is 1. The van der Waals surface area contributed by atoms with Gasteiger partial charge in [-0.1, -0.05) is 11.6 Å². The molecule has 1 fully saturated rings. The van der Waals surface area contributed by atoms with E-state index < -0.39 is 0 Å². The van der Waals surface area contributed by atoms with E-state index in [2.05, 4.69) is 26.6 Å². The molecular formula is C14H19BrCl2N2O3. The van der Waals surface area contributed by atoms with Crippen molar-refractivity contribution in [2.75, 3.05) is 31.6 Å². The second-order valence-electron chi connectivity index (χ2n) is 4.65. The monoisotopic (exact) mass is 412 g/mol. The summed E-state index contributed by atoms with van der Waals surface area (Å²) in [6, 6.07) is 3.41. The third kappa shape index (κ3) is 5.59. The van der Waals surface area contributed by atoms with Crippen molar-refractivity contribution in [1.82, 2.24) is 5.32 Å². The fraction of sp³-hybridized carbons (Fsp3) is 0.500. The van der Waals surface area contributed by atoms with Crippen LogP contribution < -0.4 is 15.4 Å². The predicted octanol–water partition coefficient (Wildman–Crippen LogP) is 3.24. The molecule has 2 N–H and O–H groups in total. The number of benzene rings is 1. The SMILES string of the molecule is CCOc1c(Br)cc(Cl)cc1NC(=O)CC1CNCCO1.Cl. The molecule has 0 bridgehead atoms. The summed E-state index contributed by atoms with van der Waals surface area (Å²) in [7, 11) is 0. The molecule has 1 aromatic carbocycles. The highest BCUT2D eigenvalue weighted by atomic mass is 79.9. The second kappa shape index (κ2) is 9.57. The molecular weight excluding hydrogens is 395 g/mol. The van der Waals surface area contributed by atoms with Crippen molar-refractivity contribution in [3.05, 3.63) is 21.6 Å². The summed E-state index contributed by atoms with van der Waals surface area (Å²) in [4.78, 5) is 12.1. The van der Waals surface area contributed by atoms with Gasteiger partial charge in [-0.3, -0.25) is 4.79 Å². The van der Waals surface area contributed by atoms with Crippen molar-refractivity contribution in [3.8, 4) is 5.75 Å². The Morgan fingerprint density at radius 1 is 1.59 bits per heavy atom. The van der Waals surface area contributed by atoms with Gasteiger partial charge in [-0.2, -0.15) is 0 Å². The first kappa shape index (κ1) is 19.5. The molecule has 0 radical (unpaired) electrons. The number of nitrogens with one attached hydrogen (secondary N) is 2. The molecule has 0 spiro atoms. The van der Waals surface area contributed by atoms with Crippen LogP contribution in [-0.2, 0) is 9.53 Å². The summed E-state index contributed by atoms with van der Waals surface area (Å²) in [5.41, 5.74) is 0.560. The van der Waals surface area contributed by atoms with Crippen LogP contribution in [0, 0.1) is 0 Å². The smallest absolute Gasteiger partial charge is 0.227 e. The Kier molecular flexibility index (Phi) is 8.49. The maximum absolute atomic E-state index is 12.1. The van der Waals surface area contributed by atoms with Gasteiger partial charge in [-0.25, -0.2) is 0 Å². The van der Waals surface area contributed by atoms with E-state index in [1.54, 1.807) is 12.1 Å². The van der Waals surface area contributed by atoms with Gasteiger partial charge in [0.15, 0.2) is 5.75 Å². The van der Waals surface area contributed by atoms with Gasteiger partial charge in [-0.15, -0.1) is 12.4 Å². The van der Waals surface area contributed by atoms with Crippen LogP contribution in [0.2, 0.25) is 5.02 Å². The summed E-state index contributed by atoms with van der Waals surface area (Å²) in [5.74, 6) is 0.455. The molecule has 8 heteroatoms. The minimum Gasteiger partial charge on any atom is -0.491 e. The zero-order valence-corrected chi connectivity index (χ0v) is 15.3. The van der Waals surface area contributed by atoms with E-state index in [-0.39, 0.29) is 24.4 Å². The summed E-state index contributed by atoms with van der Waals surface area (Å²) >= 11 is 9.42. The molecule has 124 valence electrons. The molecule has 1 amide bonds. The van der Waals surface area contributed by atoms with Gasteiger partial charge in [0.1, 0.15) is 0 Å². The lowest BCUT2D eigenvalue weighted by Crippen LogP contribution is -2.40. The zero-order chi connectivity index (χ0) is 15.2. The molecule has 1 saturated heterocycles. The van der Waals surface area contributed by atoms with Crippen LogP contribution in [0.1, 0.15) is 13.3 Å². The lowest BCUT2D eigenvalue weighted by Gasteiger charge is -2.23. The van der Waals surface area contributed by atoms with Crippen molar-refractivity contribution in [1.29, 1.82) is 0 Å². The summed E-state index contributed by atoms with van der Waals surface area (Å²) in [5, 5.41) is 6.56. The van der Waals surface area contributed by atoms with Crippen LogP contribution in [0.25, 0.3) is 0 Å². The molecule has 1 heterocycles. The van der Waals surface area contributed by atoms with Crippen molar-refractivity contribution in [3.63, 3.8) is 0 Å². The van der Waals surface area contributed by atoms with Gasteiger partial charge in [-0.05, 0) is 35.0 Å². The molecule has 0 aliphatic carbocycles. The molecule has 2 rings (SSSR count). The van der Waals surface area contributed by atoms with Gasteiger partial charge >= 0.3 is 0 Å². The highest BCUT2D eigenvalue weighted by Crippen LogP contribution is 2.36. The molecule has 0 saturated carbocycles. The van der Waals surface area contributed by atoms with Crippen molar-refractivity contribution in [2.45, 2.75) is 19.4 Å². The normalized spacial score (nSPS) is 17.5. The minimum absolute atomic E-state index is 0. The highest BCUT2D eigenvalue weighted by Gasteiger charge is 2.19. The first-order valence-electron chi connectivity index (χ1n) is 6.84. The zero-order valence-electron chi connectivity index (χ0n) is 12.2. The quantitative estimate of drug-likeness (QED) is 0.777. The number of ether oxygens (including phenoxy) is 2. The Morgan fingerprint density at radius 3 is 3.00 bits per heavy atom. The number of hydrogen-bond acceptors (Lipinski definition) is 4. The summed E-state index contributed by atoms with van der Waals surface area (Å²) in [6.07, 6.45) is 0.194. The minimum atomic E-state index is -0.126. The van der Waals surface area contributed by atoms with Crippen molar-refractivity contribution >= 4 is 51.5 Å². The number of hydrogen-bond donors (Lipinski definition) is 2. The van der Waals surface area contributed by atoms with Gasteiger partial charge in [0.25, 0.3) is 0 Å². The van der Waals surface area contributed by atoms with E-state index >= 15 is 0 Å². The third-order valence-electron chi connectivity index (χ3n) is 2.99. The lowest BCUT2D eigenvalue weighted by atomic mass is 10.2. The third-order valence-corrected chi connectivity index (χ3v) is 3.80. The molecule has 1 aliphatic rings. The highest BCUT2D eigenvalue weighted by molar-refractivity contribution is 9.10. The van der Waals surface area contributed by atoms with Gasteiger partial charge in [0.2, 0.25) is 5.91 Å². The number of carbonyl (C=O) groups is 1. The number of halogens is 3. The Hall–Kier alpha value is -0.530. The first-order chi connectivity index (χ1) is 10.1. The standard InChI is InChI=1S/C14H18BrClN2O3.ClH/c1-2-20-14-11(15)5-9(16)6-12(14)18-13(19)7-10-8-17-3-4-21-10;/h5-6,10,17H,2-4,7-8H2,1H3,(H,18,19);1H. The van der Waals surface area contributed by atoms with Crippen LogP contribution in [-0.4, -0.2) is 38.3 Å². The number of anilines is 1. The molecule has 0 aromatic heterocycles. The molecule has 5 nitrogen and oxygen atoms in total. The van der Waals surface area contributed by atoms with Crippen LogP contribution >= 0.6 is 39.9 Å². The maximum Gasteiger partial charge on any atom is 0.227 e. The number of morpholine rings is 1. The van der Waals surface area contributed by atoms with Crippen molar-refractivity contribution in [2.24, 2.45) is 0 Å². The average molecular weight is 414 g/mol. The Labute approximate surface area is 149 Å². The fourth-order valence-corrected chi connectivity index (χ4v) is 3.03. The van der Waals surface area contributed by atoms with E-state index in [0.717, 1.165) is 6.54 Å².